The molecule has 29 heavy (non-hydrogen) atoms. The molecule has 1 N–H and O–H groups in total. The van der Waals surface area contributed by atoms with Crippen LogP contribution in [0.25, 0.3) is 0 Å². The highest BCUT2D eigenvalue weighted by Crippen LogP contribution is 2.38. The fourth-order valence-electron chi connectivity index (χ4n) is 2.69. The second kappa shape index (κ2) is 10.2. The van der Waals surface area contributed by atoms with Crippen molar-refractivity contribution in [2.45, 2.75) is 13.0 Å². The fraction of sp³-hybridized carbons (Fsp3) is 0.333. The van der Waals surface area contributed by atoms with Gasteiger partial charge in [0.2, 0.25) is 5.75 Å². The molecule has 2 aromatic rings. The van der Waals surface area contributed by atoms with Crippen molar-refractivity contribution in [1.29, 1.82) is 0 Å². The highest BCUT2D eigenvalue weighted by molar-refractivity contribution is 5.92. The Hall–Kier alpha value is -3.42. The molecular weight excluding hydrogens is 378 g/mol. The number of hydrogen-bond donors (Lipinski definition) is 1. The van der Waals surface area contributed by atoms with Gasteiger partial charge in [-0.25, -0.2) is 4.79 Å². The van der Waals surface area contributed by atoms with Gasteiger partial charge in [-0.05, 0) is 36.8 Å². The van der Waals surface area contributed by atoms with Crippen molar-refractivity contribution in [2.24, 2.45) is 0 Å². The molecule has 0 aliphatic rings. The van der Waals surface area contributed by atoms with E-state index >= 15 is 0 Å². The number of amides is 1. The van der Waals surface area contributed by atoms with Crippen LogP contribution in [0.2, 0.25) is 0 Å². The van der Waals surface area contributed by atoms with Crippen LogP contribution in [0.3, 0.4) is 0 Å². The summed E-state index contributed by atoms with van der Waals surface area (Å²) in [4.78, 5) is 24.5. The molecule has 0 saturated heterocycles. The molecular formula is C21H25NO7. The van der Waals surface area contributed by atoms with Gasteiger partial charge in [0.25, 0.3) is 5.91 Å². The van der Waals surface area contributed by atoms with Crippen molar-refractivity contribution in [3.05, 3.63) is 47.5 Å². The minimum Gasteiger partial charge on any atom is -0.497 e. The van der Waals surface area contributed by atoms with E-state index in [-0.39, 0.29) is 11.6 Å². The second-order valence-corrected chi connectivity index (χ2v) is 6.06. The van der Waals surface area contributed by atoms with E-state index in [2.05, 4.69) is 5.32 Å². The molecule has 0 aliphatic carbocycles. The first-order valence-electron chi connectivity index (χ1n) is 8.83. The smallest absolute Gasteiger partial charge is 0.338 e. The zero-order valence-corrected chi connectivity index (χ0v) is 17.1. The van der Waals surface area contributed by atoms with Crippen LogP contribution in [-0.4, -0.2) is 46.9 Å². The third kappa shape index (κ3) is 5.54. The Morgan fingerprint density at radius 1 is 0.931 bits per heavy atom. The van der Waals surface area contributed by atoms with Crippen LogP contribution in [-0.2, 0) is 9.53 Å². The Bertz CT molecular complexity index is 841. The summed E-state index contributed by atoms with van der Waals surface area (Å²) in [5.41, 5.74) is 1.04. The molecule has 1 amide bonds. The summed E-state index contributed by atoms with van der Waals surface area (Å²) >= 11 is 0. The number of hydrogen-bond acceptors (Lipinski definition) is 7. The van der Waals surface area contributed by atoms with Crippen LogP contribution in [0.4, 0.5) is 0 Å². The summed E-state index contributed by atoms with van der Waals surface area (Å²) < 4.78 is 25.9. The minimum absolute atomic E-state index is 0.174. The number of methoxy groups -OCH3 is 4. The summed E-state index contributed by atoms with van der Waals surface area (Å²) in [6, 6.07) is 9.99. The lowest BCUT2D eigenvalue weighted by atomic mass is 10.1. The molecule has 0 bridgehead atoms. The van der Waals surface area contributed by atoms with Gasteiger partial charge >= 0.3 is 5.97 Å². The molecule has 1 unspecified atom stereocenters. The Morgan fingerprint density at radius 3 is 2.14 bits per heavy atom. The Morgan fingerprint density at radius 2 is 1.59 bits per heavy atom. The predicted octanol–water partition coefficient (Wildman–Crippen LogP) is 2.76. The van der Waals surface area contributed by atoms with Crippen molar-refractivity contribution in [3.63, 3.8) is 0 Å². The molecule has 0 aliphatic heterocycles. The largest absolute Gasteiger partial charge is 0.497 e. The van der Waals surface area contributed by atoms with Gasteiger partial charge in [0.1, 0.15) is 5.75 Å². The highest BCUT2D eigenvalue weighted by atomic mass is 16.5. The van der Waals surface area contributed by atoms with Gasteiger partial charge in [0.05, 0.1) is 40.0 Å². The third-order valence-corrected chi connectivity index (χ3v) is 4.21. The number of rotatable bonds is 9. The molecule has 0 fully saturated rings. The van der Waals surface area contributed by atoms with E-state index in [1.807, 2.05) is 31.2 Å². The van der Waals surface area contributed by atoms with E-state index in [0.29, 0.717) is 23.0 Å². The fourth-order valence-corrected chi connectivity index (χ4v) is 2.69. The quantitative estimate of drug-likeness (QED) is 0.644. The molecule has 0 spiro atoms. The standard InChI is InChI=1S/C21H25NO7/c1-13(14-7-6-8-16(9-14)25-2)22-19(23)12-29-21(24)15-10-17(26-3)20(28-5)18(11-15)27-4/h6-11,13H,12H2,1-5H3,(H,22,23). The highest BCUT2D eigenvalue weighted by Gasteiger charge is 2.19. The predicted molar refractivity (Wildman–Crippen MR) is 106 cm³/mol. The van der Waals surface area contributed by atoms with E-state index in [4.69, 9.17) is 23.7 Å². The number of ether oxygens (including phenoxy) is 5. The number of nitrogens with one attached hydrogen (secondary N) is 1. The molecule has 8 nitrogen and oxygen atoms in total. The molecule has 8 heteroatoms. The van der Waals surface area contributed by atoms with Crippen LogP contribution in [0, 0.1) is 0 Å². The lowest BCUT2D eigenvalue weighted by molar-refractivity contribution is -0.124. The molecule has 2 rings (SSSR count). The first-order valence-corrected chi connectivity index (χ1v) is 8.83. The Labute approximate surface area is 169 Å². The monoisotopic (exact) mass is 403 g/mol. The van der Waals surface area contributed by atoms with E-state index < -0.39 is 18.5 Å². The van der Waals surface area contributed by atoms with Crippen molar-refractivity contribution < 1.29 is 33.3 Å². The molecule has 0 saturated carbocycles. The molecule has 0 aromatic heterocycles. The summed E-state index contributed by atoms with van der Waals surface area (Å²) in [5.74, 6) is 0.563. The summed E-state index contributed by atoms with van der Waals surface area (Å²) in [6.07, 6.45) is 0. The van der Waals surface area contributed by atoms with Gasteiger partial charge in [-0.2, -0.15) is 0 Å². The normalized spacial score (nSPS) is 11.2. The van der Waals surface area contributed by atoms with Crippen LogP contribution in [0.5, 0.6) is 23.0 Å². The van der Waals surface area contributed by atoms with Crippen molar-refractivity contribution in [2.75, 3.05) is 35.0 Å². The molecule has 2 aromatic carbocycles. The zero-order chi connectivity index (χ0) is 21.4. The average Bonchev–Trinajstić information content (AvgIpc) is 2.76. The first-order chi connectivity index (χ1) is 13.9. The number of carbonyl (C=O) groups is 2. The van der Waals surface area contributed by atoms with Crippen LogP contribution in [0.1, 0.15) is 28.9 Å². The SMILES string of the molecule is COc1cccc(C(C)NC(=O)COC(=O)c2cc(OC)c(OC)c(OC)c2)c1. The topological polar surface area (TPSA) is 92.3 Å². The van der Waals surface area contributed by atoms with Gasteiger partial charge in [0.15, 0.2) is 18.1 Å². The van der Waals surface area contributed by atoms with Crippen molar-refractivity contribution in [3.8, 4) is 23.0 Å². The molecule has 0 radical (unpaired) electrons. The minimum atomic E-state index is -0.687. The van der Waals surface area contributed by atoms with Crippen LogP contribution < -0.4 is 24.3 Å². The number of esters is 1. The molecule has 1 atom stereocenters. The summed E-state index contributed by atoms with van der Waals surface area (Å²) in [5, 5.41) is 2.78. The van der Waals surface area contributed by atoms with E-state index in [0.717, 1.165) is 5.56 Å². The van der Waals surface area contributed by atoms with Crippen LogP contribution in [0.15, 0.2) is 36.4 Å². The Balaban J connectivity index is 2.00. The molecule has 156 valence electrons. The maximum atomic E-state index is 12.4. The van der Waals surface area contributed by atoms with Crippen LogP contribution >= 0.6 is 0 Å². The lowest BCUT2D eigenvalue weighted by Crippen LogP contribution is -2.31. The first kappa shape index (κ1) is 21.9. The van der Waals surface area contributed by atoms with Gasteiger partial charge in [-0.15, -0.1) is 0 Å². The summed E-state index contributed by atoms with van der Waals surface area (Å²) in [7, 11) is 5.93. The second-order valence-electron chi connectivity index (χ2n) is 6.06. The molecule has 0 heterocycles. The maximum absolute atomic E-state index is 12.4. The summed E-state index contributed by atoms with van der Waals surface area (Å²) in [6.45, 7) is 1.40. The number of carbonyl (C=O) groups excluding carboxylic acids is 2. The van der Waals surface area contributed by atoms with Crippen molar-refractivity contribution >= 4 is 11.9 Å². The Kier molecular flexibility index (Phi) is 7.70. The van der Waals surface area contributed by atoms with Gasteiger partial charge in [0, 0.05) is 0 Å². The van der Waals surface area contributed by atoms with E-state index in [1.165, 1.54) is 33.5 Å². The maximum Gasteiger partial charge on any atom is 0.338 e. The van der Waals surface area contributed by atoms with Gasteiger partial charge < -0.3 is 29.0 Å². The zero-order valence-electron chi connectivity index (χ0n) is 17.1. The van der Waals surface area contributed by atoms with Gasteiger partial charge in [-0.3, -0.25) is 4.79 Å². The van der Waals surface area contributed by atoms with E-state index in [9.17, 15) is 9.59 Å². The van der Waals surface area contributed by atoms with E-state index in [1.54, 1.807) is 7.11 Å². The average molecular weight is 403 g/mol. The van der Waals surface area contributed by atoms with Crippen molar-refractivity contribution in [1.82, 2.24) is 5.32 Å². The van der Waals surface area contributed by atoms with Gasteiger partial charge in [-0.1, -0.05) is 12.1 Å². The number of benzene rings is 2. The third-order valence-electron chi connectivity index (χ3n) is 4.21. The lowest BCUT2D eigenvalue weighted by Gasteiger charge is -2.16.